The van der Waals surface area contributed by atoms with Gasteiger partial charge in [0.2, 0.25) is 13.2 Å². The molecule has 0 fully saturated rings. The van der Waals surface area contributed by atoms with Crippen molar-refractivity contribution in [1.29, 1.82) is 0 Å². The Labute approximate surface area is 209 Å². The predicted molar refractivity (Wildman–Crippen MR) is 136 cm³/mol. The zero-order chi connectivity index (χ0) is 25.0. The monoisotopic (exact) mass is 502 g/mol. The van der Waals surface area contributed by atoms with Crippen molar-refractivity contribution in [1.82, 2.24) is 25.3 Å². The van der Waals surface area contributed by atoms with E-state index in [0.29, 0.717) is 0 Å². The number of unbranched alkanes of at least 4 members (excludes halogenated alkanes) is 3. The maximum absolute atomic E-state index is 8.81. The molecule has 10 nitrogen and oxygen atoms in total. The number of carbonyl (C=O) groups excluding carboxylic acids is 1. The molecule has 1 aliphatic heterocycles. The molecular formula is C24H34N6O4S. The van der Waals surface area contributed by atoms with Gasteiger partial charge in [0.25, 0.3) is 0 Å². The van der Waals surface area contributed by atoms with Crippen LogP contribution in [0.3, 0.4) is 0 Å². The van der Waals surface area contributed by atoms with Crippen molar-refractivity contribution >= 4 is 35.0 Å². The summed E-state index contributed by atoms with van der Waals surface area (Å²) in [4.78, 5) is 19.3. The van der Waals surface area contributed by atoms with E-state index >= 15 is 0 Å². The SMILES string of the molecule is CCCCCCNCCn1c(Sc2cc3c(cc2C)OCO3)nc2c(NC)nccc21.O=CNO. The Morgan fingerprint density at radius 3 is 2.69 bits per heavy atom. The van der Waals surface area contributed by atoms with Gasteiger partial charge in [0, 0.05) is 31.2 Å². The number of imidazole rings is 1. The third kappa shape index (κ3) is 7.00. The van der Waals surface area contributed by atoms with Crippen LogP contribution in [0.15, 0.2) is 34.4 Å². The molecule has 3 heterocycles. The summed E-state index contributed by atoms with van der Waals surface area (Å²) in [6.07, 6.45) is 7.11. The number of fused-ring (bicyclic) bond motifs is 2. The summed E-state index contributed by atoms with van der Waals surface area (Å²) in [5.41, 5.74) is 4.38. The quantitative estimate of drug-likeness (QED) is 0.126. The van der Waals surface area contributed by atoms with Gasteiger partial charge >= 0.3 is 0 Å². The zero-order valence-corrected chi connectivity index (χ0v) is 21.3. The first-order chi connectivity index (χ1) is 17.1. The summed E-state index contributed by atoms with van der Waals surface area (Å²) < 4.78 is 13.4. The second kappa shape index (κ2) is 13.8. The smallest absolute Gasteiger partial charge is 0.231 e. The predicted octanol–water partition coefficient (Wildman–Crippen LogP) is 3.95. The van der Waals surface area contributed by atoms with E-state index in [-0.39, 0.29) is 13.2 Å². The van der Waals surface area contributed by atoms with E-state index in [1.165, 1.54) is 31.2 Å². The standard InChI is InChI=1S/C23H31N5O2S.CH3NO2/c1-4-5-6-7-9-25-11-12-28-17-8-10-26-22(24-3)21(17)27-23(28)31-20-14-19-18(13-16(20)2)29-15-30-19;3-1-2-4/h8,10,13-14,25H,4-7,9,11-12,15H2,1-3H3,(H,24,26);1,4H,(H,2,3). The molecule has 2 aromatic heterocycles. The summed E-state index contributed by atoms with van der Waals surface area (Å²) in [6.45, 7) is 7.43. The van der Waals surface area contributed by atoms with Crippen molar-refractivity contribution in [2.75, 3.05) is 32.2 Å². The van der Waals surface area contributed by atoms with Crippen LogP contribution in [-0.2, 0) is 11.3 Å². The van der Waals surface area contributed by atoms with Crippen LogP contribution in [0.4, 0.5) is 5.82 Å². The van der Waals surface area contributed by atoms with Gasteiger partial charge < -0.3 is 24.7 Å². The molecule has 0 spiro atoms. The van der Waals surface area contributed by atoms with Gasteiger partial charge in [0.05, 0.1) is 5.52 Å². The highest BCUT2D eigenvalue weighted by Gasteiger charge is 2.19. The summed E-state index contributed by atoms with van der Waals surface area (Å²) in [7, 11) is 1.88. The lowest BCUT2D eigenvalue weighted by Gasteiger charge is -2.11. The Bertz CT molecular complexity index is 1110. The van der Waals surface area contributed by atoms with Crippen LogP contribution in [0.5, 0.6) is 11.5 Å². The molecule has 4 N–H and O–H groups in total. The number of hydrogen-bond acceptors (Lipinski definition) is 9. The lowest BCUT2D eigenvalue weighted by atomic mass is 10.2. The Morgan fingerprint density at radius 2 is 1.97 bits per heavy atom. The number of aryl methyl sites for hydroxylation is 1. The fourth-order valence-corrected chi connectivity index (χ4v) is 4.75. The topological polar surface area (TPSA) is 123 Å². The van der Waals surface area contributed by atoms with Crippen molar-refractivity contribution in [3.63, 3.8) is 0 Å². The van der Waals surface area contributed by atoms with Gasteiger partial charge in [0.15, 0.2) is 22.5 Å². The number of hydroxylamine groups is 1. The average molecular weight is 503 g/mol. The van der Waals surface area contributed by atoms with Crippen molar-refractivity contribution in [3.05, 3.63) is 30.0 Å². The minimum Gasteiger partial charge on any atom is -0.454 e. The van der Waals surface area contributed by atoms with Gasteiger partial charge in [-0.15, -0.1) is 0 Å². The van der Waals surface area contributed by atoms with Gasteiger partial charge in [-0.05, 0) is 43.7 Å². The highest BCUT2D eigenvalue weighted by molar-refractivity contribution is 7.99. The molecule has 0 radical (unpaired) electrons. The minimum absolute atomic E-state index is 0.181. The molecule has 0 unspecified atom stereocenters. The van der Waals surface area contributed by atoms with Crippen LogP contribution in [0.2, 0.25) is 0 Å². The van der Waals surface area contributed by atoms with Gasteiger partial charge in [-0.1, -0.05) is 37.9 Å². The van der Waals surface area contributed by atoms with E-state index in [0.717, 1.165) is 63.6 Å². The third-order valence-electron chi connectivity index (χ3n) is 5.51. The van der Waals surface area contributed by atoms with Crippen molar-refractivity contribution in [2.24, 2.45) is 0 Å². The third-order valence-corrected chi connectivity index (χ3v) is 6.67. The molecule has 1 aliphatic rings. The van der Waals surface area contributed by atoms with Crippen LogP contribution in [0.1, 0.15) is 38.2 Å². The number of hydrogen-bond donors (Lipinski definition) is 4. The van der Waals surface area contributed by atoms with Gasteiger partial charge in [-0.2, -0.15) is 0 Å². The minimum atomic E-state index is 0.181. The number of nitrogens with zero attached hydrogens (tertiary/aromatic N) is 3. The van der Waals surface area contributed by atoms with Gasteiger partial charge in [-0.25, -0.2) is 15.4 Å². The molecule has 190 valence electrons. The molecular weight excluding hydrogens is 468 g/mol. The lowest BCUT2D eigenvalue weighted by molar-refractivity contribution is -0.116. The molecule has 4 rings (SSSR count). The molecule has 0 bridgehead atoms. The Hall–Kier alpha value is -3.02. The number of rotatable bonds is 12. The molecule has 35 heavy (non-hydrogen) atoms. The summed E-state index contributed by atoms with van der Waals surface area (Å²) in [5, 5.41) is 15.0. The molecule has 1 aromatic carbocycles. The maximum Gasteiger partial charge on any atom is 0.231 e. The number of nitrogens with one attached hydrogen (secondary N) is 3. The highest BCUT2D eigenvalue weighted by atomic mass is 32.2. The molecule has 3 aromatic rings. The summed E-state index contributed by atoms with van der Waals surface area (Å²) >= 11 is 1.66. The first kappa shape index (κ1) is 26.6. The van der Waals surface area contributed by atoms with Crippen LogP contribution >= 0.6 is 11.8 Å². The molecule has 1 amide bonds. The van der Waals surface area contributed by atoms with Crippen molar-refractivity contribution in [2.45, 2.75) is 56.1 Å². The van der Waals surface area contributed by atoms with Crippen molar-refractivity contribution in [3.8, 4) is 11.5 Å². The summed E-state index contributed by atoms with van der Waals surface area (Å²) in [5.74, 6) is 2.40. The number of anilines is 1. The van der Waals surface area contributed by atoms with Crippen LogP contribution in [-0.4, -0.2) is 53.1 Å². The second-order valence-electron chi connectivity index (χ2n) is 7.95. The highest BCUT2D eigenvalue weighted by Crippen LogP contribution is 2.41. The number of benzene rings is 1. The van der Waals surface area contributed by atoms with E-state index in [1.807, 2.05) is 25.4 Å². The van der Waals surface area contributed by atoms with Crippen LogP contribution < -0.4 is 25.6 Å². The zero-order valence-electron chi connectivity index (χ0n) is 20.5. The van der Waals surface area contributed by atoms with Crippen LogP contribution in [0, 0.1) is 6.92 Å². The summed E-state index contributed by atoms with van der Waals surface area (Å²) in [6, 6.07) is 6.13. The van der Waals surface area contributed by atoms with E-state index in [1.54, 1.807) is 11.8 Å². The van der Waals surface area contributed by atoms with Crippen LogP contribution in [0.25, 0.3) is 11.0 Å². The largest absolute Gasteiger partial charge is 0.454 e. The normalized spacial score (nSPS) is 11.8. The number of pyridine rings is 1. The second-order valence-corrected chi connectivity index (χ2v) is 8.96. The first-order valence-corrected chi connectivity index (χ1v) is 12.6. The average Bonchev–Trinajstić information content (AvgIpc) is 3.47. The molecule has 0 saturated heterocycles. The molecule has 0 aliphatic carbocycles. The number of aromatic nitrogens is 3. The molecule has 11 heteroatoms. The molecule has 0 saturated carbocycles. The Balaban J connectivity index is 0.000000795. The number of ether oxygens (including phenoxy) is 2. The fraction of sp³-hybridized carbons (Fsp3) is 0.458. The number of carbonyl (C=O) groups is 1. The Kier molecular flexibility index (Phi) is 10.5. The van der Waals surface area contributed by atoms with E-state index < -0.39 is 0 Å². The number of amides is 1. The maximum atomic E-state index is 8.81. The van der Waals surface area contributed by atoms with E-state index in [9.17, 15) is 0 Å². The Morgan fingerprint density at radius 1 is 1.20 bits per heavy atom. The van der Waals surface area contributed by atoms with E-state index in [2.05, 4.69) is 40.1 Å². The van der Waals surface area contributed by atoms with Crippen molar-refractivity contribution < 1.29 is 19.5 Å². The lowest BCUT2D eigenvalue weighted by Crippen LogP contribution is -2.21. The molecule has 0 atom stereocenters. The van der Waals surface area contributed by atoms with Gasteiger partial charge in [-0.3, -0.25) is 10.0 Å². The first-order valence-electron chi connectivity index (χ1n) is 11.8. The van der Waals surface area contributed by atoms with Gasteiger partial charge in [0.1, 0.15) is 5.52 Å². The van der Waals surface area contributed by atoms with E-state index in [4.69, 9.17) is 24.5 Å². The fourth-order valence-electron chi connectivity index (χ4n) is 3.73.